The fraction of sp³-hybridized carbons (Fsp3) is 0.429. The van der Waals surface area contributed by atoms with Gasteiger partial charge in [-0.05, 0) is 25.0 Å². The molecule has 0 aliphatic heterocycles. The summed E-state index contributed by atoms with van der Waals surface area (Å²) >= 11 is 5.95. The van der Waals surface area contributed by atoms with E-state index in [0.29, 0.717) is 10.6 Å². The second-order valence-electron chi connectivity index (χ2n) is 4.10. The molecule has 1 amide bonds. The lowest BCUT2D eigenvalue weighted by atomic mass is 10.1. The SMILES string of the molecule is CCCC(CCC)=NNC(=O)c1ccccc1Cl. The van der Waals surface area contributed by atoms with Gasteiger partial charge in [0.25, 0.3) is 5.91 Å². The van der Waals surface area contributed by atoms with Gasteiger partial charge in [0.1, 0.15) is 0 Å². The summed E-state index contributed by atoms with van der Waals surface area (Å²) < 4.78 is 0. The highest BCUT2D eigenvalue weighted by Gasteiger charge is 2.08. The van der Waals surface area contributed by atoms with Crippen molar-refractivity contribution in [2.75, 3.05) is 0 Å². The first-order valence-corrected chi connectivity index (χ1v) is 6.67. The minimum absolute atomic E-state index is 0.259. The Hall–Kier alpha value is -1.35. The molecule has 0 spiro atoms. The van der Waals surface area contributed by atoms with Gasteiger partial charge in [0.15, 0.2) is 0 Å². The second-order valence-corrected chi connectivity index (χ2v) is 4.51. The number of nitrogens with zero attached hydrogens (tertiary/aromatic N) is 1. The normalized spacial score (nSPS) is 9.94. The van der Waals surface area contributed by atoms with E-state index in [0.717, 1.165) is 31.4 Å². The zero-order chi connectivity index (χ0) is 13.4. The summed E-state index contributed by atoms with van der Waals surface area (Å²) in [5, 5.41) is 4.62. The molecule has 0 aromatic heterocycles. The van der Waals surface area contributed by atoms with E-state index in [4.69, 9.17) is 11.6 Å². The molecule has 4 heteroatoms. The molecular formula is C14H19ClN2O. The van der Waals surface area contributed by atoms with Crippen LogP contribution in [0.4, 0.5) is 0 Å². The van der Waals surface area contributed by atoms with Crippen LogP contribution in [0.1, 0.15) is 49.9 Å². The molecule has 3 nitrogen and oxygen atoms in total. The van der Waals surface area contributed by atoms with Gasteiger partial charge in [0.05, 0.1) is 10.6 Å². The minimum atomic E-state index is -0.259. The van der Waals surface area contributed by atoms with Gasteiger partial charge in [-0.15, -0.1) is 0 Å². The predicted molar refractivity (Wildman–Crippen MR) is 76.2 cm³/mol. The Bertz CT molecular complexity index is 422. The summed E-state index contributed by atoms with van der Waals surface area (Å²) in [6, 6.07) is 6.96. The first-order valence-electron chi connectivity index (χ1n) is 6.29. The Labute approximate surface area is 113 Å². The molecule has 1 aromatic rings. The van der Waals surface area contributed by atoms with Crippen LogP contribution in [0.3, 0.4) is 0 Å². The molecule has 0 heterocycles. The van der Waals surface area contributed by atoms with Crippen molar-refractivity contribution < 1.29 is 4.79 Å². The third-order valence-electron chi connectivity index (χ3n) is 2.51. The quantitative estimate of drug-likeness (QED) is 0.613. The zero-order valence-corrected chi connectivity index (χ0v) is 11.6. The average Bonchev–Trinajstić information content (AvgIpc) is 2.36. The molecule has 0 unspecified atom stereocenters. The van der Waals surface area contributed by atoms with Gasteiger partial charge in [-0.3, -0.25) is 4.79 Å². The number of nitrogens with one attached hydrogen (secondary N) is 1. The van der Waals surface area contributed by atoms with Gasteiger partial charge in [-0.25, -0.2) is 5.43 Å². The summed E-state index contributed by atoms with van der Waals surface area (Å²) in [5.41, 5.74) is 4.06. The van der Waals surface area contributed by atoms with Crippen LogP contribution < -0.4 is 5.43 Å². The second kappa shape index (κ2) is 7.88. The lowest BCUT2D eigenvalue weighted by molar-refractivity contribution is 0.0955. The van der Waals surface area contributed by atoms with Crippen molar-refractivity contribution in [1.29, 1.82) is 0 Å². The molecule has 0 radical (unpaired) electrons. The third-order valence-corrected chi connectivity index (χ3v) is 2.84. The minimum Gasteiger partial charge on any atom is -0.267 e. The summed E-state index contributed by atoms with van der Waals surface area (Å²) in [5.74, 6) is -0.259. The van der Waals surface area contributed by atoms with E-state index >= 15 is 0 Å². The number of carbonyl (C=O) groups excluding carboxylic acids is 1. The largest absolute Gasteiger partial charge is 0.272 e. The monoisotopic (exact) mass is 266 g/mol. The van der Waals surface area contributed by atoms with E-state index < -0.39 is 0 Å². The van der Waals surface area contributed by atoms with Crippen molar-refractivity contribution in [2.45, 2.75) is 39.5 Å². The molecule has 1 rings (SSSR count). The number of hydrogen-bond donors (Lipinski definition) is 1. The van der Waals surface area contributed by atoms with E-state index in [1.165, 1.54) is 0 Å². The molecule has 98 valence electrons. The molecular weight excluding hydrogens is 248 g/mol. The van der Waals surface area contributed by atoms with Crippen molar-refractivity contribution in [3.05, 3.63) is 34.9 Å². The topological polar surface area (TPSA) is 41.5 Å². The first-order chi connectivity index (χ1) is 8.69. The summed E-state index contributed by atoms with van der Waals surface area (Å²) in [6.07, 6.45) is 3.88. The number of hydrogen-bond acceptors (Lipinski definition) is 2. The fourth-order valence-electron chi connectivity index (χ4n) is 1.65. The molecule has 0 fully saturated rings. The number of amides is 1. The van der Waals surface area contributed by atoms with Gasteiger partial charge in [-0.2, -0.15) is 5.10 Å². The molecule has 0 atom stereocenters. The summed E-state index contributed by atoms with van der Waals surface area (Å²) in [6.45, 7) is 4.20. The fourth-order valence-corrected chi connectivity index (χ4v) is 1.87. The zero-order valence-electron chi connectivity index (χ0n) is 10.9. The van der Waals surface area contributed by atoms with Crippen molar-refractivity contribution in [3.63, 3.8) is 0 Å². The maximum atomic E-state index is 11.9. The van der Waals surface area contributed by atoms with Gasteiger partial charge >= 0.3 is 0 Å². The molecule has 18 heavy (non-hydrogen) atoms. The molecule has 0 bridgehead atoms. The van der Waals surface area contributed by atoms with E-state index in [9.17, 15) is 4.79 Å². The highest BCUT2D eigenvalue weighted by Crippen LogP contribution is 2.14. The van der Waals surface area contributed by atoms with E-state index in [2.05, 4.69) is 24.4 Å². The van der Waals surface area contributed by atoms with Crippen LogP contribution in [0.25, 0.3) is 0 Å². The standard InChI is InChI=1S/C14H19ClN2O/c1-3-7-11(8-4-2)16-17-14(18)12-9-5-6-10-13(12)15/h5-6,9-10H,3-4,7-8H2,1-2H3,(H,17,18). The predicted octanol–water partition coefficient (Wildman–Crippen LogP) is 4.03. The highest BCUT2D eigenvalue weighted by atomic mass is 35.5. The number of carbonyl (C=O) groups is 1. The lowest BCUT2D eigenvalue weighted by Gasteiger charge is -2.05. The van der Waals surface area contributed by atoms with E-state index in [-0.39, 0.29) is 5.91 Å². The molecule has 0 aliphatic carbocycles. The number of benzene rings is 1. The Morgan fingerprint density at radius 2 is 1.83 bits per heavy atom. The Kier molecular flexibility index (Phi) is 6.44. The highest BCUT2D eigenvalue weighted by molar-refractivity contribution is 6.33. The molecule has 1 aromatic carbocycles. The molecule has 0 saturated heterocycles. The van der Waals surface area contributed by atoms with Gasteiger partial charge < -0.3 is 0 Å². The van der Waals surface area contributed by atoms with Crippen LogP contribution in [-0.2, 0) is 0 Å². The van der Waals surface area contributed by atoms with Crippen LogP contribution in [0.15, 0.2) is 29.4 Å². The van der Waals surface area contributed by atoms with Crippen LogP contribution in [-0.4, -0.2) is 11.6 Å². The van der Waals surface area contributed by atoms with Crippen LogP contribution in [0.5, 0.6) is 0 Å². The lowest BCUT2D eigenvalue weighted by Crippen LogP contribution is -2.20. The van der Waals surface area contributed by atoms with Crippen molar-refractivity contribution >= 4 is 23.2 Å². The van der Waals surface area contributed by atoms with Crippen molar-refractivity contribution in [1.82, 2.24) is 5.43 Å². The van der Waals surface area contributed by atoms with Crippen LogP contribution >= 0.6 is 11.6 Å². The average molecular weight is 267 g/mol. The van der Waals surface area contributed by atoms with Gasteiger partial charge in [-0.1, -0.05) is 50.4 Å². The third kappa shape index (κ3) is 4.49. The number of rotatable bonds is 6. The number of hydrazone groups is 1. The summed E-state index contributed by atoms with van der Waals surface area (Å²) in [7, 11) is 0. The Morgan fingerprint density at radius 3 is 2.39 bits per heavy atom. The van der Waals surface area contributed by atoms with E-state index in [1.54, 1.807) is 24.3 Å². The molecule has 0 saturated carbocycles. The number of halogens is 1. The summed E-state index contributed by atoms with van der Waals surface area (Å²) in [4.78, 5) is 11.9. The molecule has 1 N–H and O–H groups in total. The smallest absolute Gasteiger partial charge is 0.267 e. The maximum Gasteiger partial charge on any atom is 0.272 e. The van der Waals surface area contributed by atoms with Crippen molar-refractivity contribution in [2.24, 2.45) is 5.10 Å². The van der Waals surface area contributed by atoms with Gasteiger partial charge in [0.2, 0.25) is 0 Å². The Balaban J connectivity index is 2.69. The van der Waals surface area contributed by atoms with E-state index in [1.807, 2.05) is 0 Å². The van der Waals surface area contributed by atoms with Crippen LogP contribution in [0, 0.1) is 0 Å². The van der Waals surface area contributed by atoms with Crippen LogP contribution in [0.2, 0.25) is 5.02 Å². The first kappa shape index (κ1) is 14.7. The van der Waals surface area contributed by atoms with Crippen molar-refractivity contribution in [3.8, 4) is 0 Å². The maximum absolute atomic E-state index is 11.9. The molecule has 0 aliphatic rings. The van der Waals surface area contributed by atoms with Gasteiger partial charge in [0, 0.05) is 5.71 Å². The Morgan fingerprint density at radius 1 is 1.22 bits per heavy atom.